The van der Waals surface area contributed by atoms with Crippen LogP contribution in [0.5, 0.6) is 11.5 Å². The van der Waals surface area contributed by atoms with Crippen LogP contribution in [0.15, 0.2) is 18.2 Å². The molecule has 98 valence electrons. The van der Waals surface area contributed by atoms with Gasteiger partial charge in [-0.25, -0.2) is 0 Å². The van der Waals surface area contributed by atoms with Gasteiger partial charge in [0.15, 0.2) is 11.5 Å². The average Bonchev–Trinajstić information content (AvgIpc) is 2.41. The van der Waals surface area contributed by atoms with Crippen molar-refractivity contribution < 1.29 is 9.47 Å². The summed E-state index contributed by atoms with van der Waals surface area (Å²) in [5, 5.41) is 3.50. The van der Waals surface area contributed by atoms with E-state index in [9.17, 15) is 0 Å². The van der Waals surface area contributed by atoms with Crippen LogP contribution in [0.1, 0.15) is 13.8 Å². The van der Waals surface area contributed by atoms with Crippen LogP contribution in [0.3, 0.4) is 0 Å². The molecule has 2 aliphatic rings. The summed E-state index contributed by atoms with van der Waals surface area (Å²) >= 11 is 0. The van der Waals surface area contributed by atoms with Crippen LogP contribution in [-0.2, 0) is 0 Å². The van der Waals surface area contributed by atoms with E-state index in [-0.39, 0.29) is 0 Å². The number of fused-ring (bicyclic) bond motifs is 1. The van der Waals surface area contributed by atoms with Crippen molar-refractivity contribution >= 4 is 5.69 Å². The molecule has 0 aromatic heterocycles. The van der Waals surface area contributed by atoms with E-state index in [0.717, 1.165) is 30.3 Å². The molecule has 2 atom stereocenters. The lowest BCUT2D eigenvalue weighted by atomic mass is 10.1. The number of piperazine rings is 1. The zero-order valence-corrected chi connectivity index (χ0v) is 11.0. The van der Waals surface area contributed by atoms with Gasteiger partial charge in [0, 0.05) is 25.2 Å². The van der Waals surface area contributed by atoms with E-state index in [4.69, 9.17) is 9.47 Å². The highest BCUT2D eigenvalue weighted by atomic mass is 16.6. The number of rotatable bonds is 1. The van der Waals surface area contributed by atoms with E-state index < -0.39 is 0 Å². The van der Waals surface area contributed by atoms with Crippen LogP contribution in [0.2, 0.25) is 0 Å². The summed E-state index contributed by atoms with van der Waals surface area (Å²) in [6.07, 6.45) is 0. The zero-order valence-electron chi connectivity index (χ0n) is 11.0. The van der Waals surface area contributed by atoms with Crippen molar-refractivity contribution in [2.75, 3.05) is 31.2 Å². The quantitative estimate of drug-likeness (QED) is 0.819. The van der Waals surface area contributed by atoms with E-state index in [0.29, 0.717) is 25.3 Å². The standard InChI is InChI=1S/C14H20N2O2/c1-10-11(2)16(7-6-15-10)12-4-3-5-13-14(12)18-9-8-17-13/h3-5,10-11,15H,6-9H2,1-2H3. The fraction of sp³-hybridized carbons (Fsp3) is 0.571. The summed E-state index contributed by atoms with van der Waals surface area (Å²) in [6.45, 7) is 7.77. The van der Waals surface area contributed by atoms with Crippen molar-refractivity contribution in [2.45, 2.75) is 25.9 Å². The smallest absolute Gasteiger partial charge is 0.184 e. The monoisotopic (exact) mass is 248 g/mol. The van der Waals surface area contributed by atoms with Gasteiger partial charge in [-0.2, -0.15) is 0 Å². The van der Waals surface area contributed by atoms with Gasteiger partial charge in [0.1, 0.15) is 13.2 Å². The topological polar surface area (TPSA) is 33.7 Å². The van der Waals surface area contributed by atoms with Gasteiger partial charge in [-0.1, -0.05) is 6.07 Å². The maximum atomic E-state index is 5.80. The van der Waals surface area contributed by atoms with Crippen LogP contribution in [-0.4, -0.2) is 38.4 Å². The summed E-state index contributed by atoms with van der Waals surface area (Å²) in [6, 6.07) is 7.09. The van der Waals surface area contributed by atoms with Crippen molar-refractivity contribution in [1.82, 2.24) is 5.32 Å². The van der Waals surface area contributed by atoms with Gasteiger partial charge in [-0.05, 0) is 26.0 Å². The Morgan fingerprint density at radius 1 is 1.22 bits per heavy atom. The third-order valence-electron chi connectivity index (χ3n) is 3.89. The van der Waals surface area contributed by atoms with Crippen molar-refractivity contribution in [3.05, 3.63) is 18.2 Å². The lowest BCUT2D eigenvalue weighted by Crippen LogP contribution is -2.55. The maximum absolute atomic E-state index is 5.80. The largest absolute Gasteiger partial charge is 0.486 e. The Hall–Kier alpha value is -1.42. The van der Waals surface area contributed by atoms with Crippen LogP contribution < -0.4 is 19.7 Å². The Bertz CT molecular complexity index is 436. The first-order valence-electron chi connectivity index (χ1n) is 6.66. The highest BCUT2D eigenvalue weighted by molar-refractivity contribution is 5.66. The van der Waals surface area contributed by atoms with Crippen molar-refractivity contribution in [3.63, 3.8) is 0 Å². The molecule has 0 bridgehead atoms. The molecular weight excluding hydrogens is 228 g/mol. The molecule has 2 unspecified atom stereocenters. The van der Waals surface area contributed by atoms with E-state index in [2.05, 4.69) is 30.1 Å². The molecule has 4 heteroatoms. The highest BCUT2D eigenvalue weighted by Crippen LogP contribution is 2.40. The van der Waals surface area contributed by atoms with Gasteiger partial charge in [0.25, 0.3) is 0 Å². The molecule has 1 fully saturated rings. The molecule has 4 nitrogen and oxygen atoms in total. The Morgan fingerprint density at radius 2 is 2.06 bits per heavy atom. The number of benzene rings is 1. The highest BCUT2D eigenvalue weighted by Gasteiger charge is 2.28. The Balaban J connectivity index is 1.96. The van der Waals surface area contributed by atoms with E-state index in [1.807, 2.05) is 12.1 Å². The number of para-hydroxylation sites is 1. The van der Waals surface area contributed by atoms with Crippen molar-refractivity contribution in [1.29, 1.82) is 0 Å². The van der Waals surface area contributed by atoms with Crippen LogP contribution in [0.4, 0.5) is 5.69 Å². The number of ether oxygens (including phenoxy) is 2. The van der Waals surface area contributed by atoms with E-state index in [1.165, 1.54) is 0 Å². The SMILES string of the molecule is CC1NCCN(c2cccc3c2OCCO3)C1C. The molecule has 1 aromatic carbocycles. The van der Waals surface area contributed by atoms with Gasteiger partial charge in [0.2, 0.25) is 0 Å². The summed E-state index contributed by atoms with van der Waals surface area (Å²) in [5.41, 5.74) is 1.16. The van der Waals surface area contributed by atoms with Crippen LogP contribution >= 0.6 is 0 Å². The predicted octanol–water partition coefficient (Wildman–Crippen LogP) is 1.64. The molecule has 0 amide bonds. The molecule has 0 spiro atoms. The molecule has 18 heavy (non-hydrogen) atoms. The number of nitrogens with one attached hydrogen (secondary N) is 1. The number of hydrogen-bond donors (Lipinski definition) is 1. The van der Waals surface area contributed by atoms with Crippen molar-refractivity contribution in [2.24, 2.45) is 0 Å². The molecule has 2 aliphatic heterocycles. The summed E-state index contributed by atoms with van der Waals surface area (Å²) in [7, 11) is 0. The van der Waals surface area contributed by atoms with Gasteiger partial charge >= 0.3 is 0 Å². The minimum atomic E-state index is 0.454. The fourth-order valence-corrected chi connectivity index (χ4v) is 2.68. The second-order valence-corrected chi connectivity index (χ2v) is 4.98. The molecule has 0 aliphatic carbocycles. The molecule has 1 saturated heterocycles. The summed E-state index contributed by atoms with van der Waals surface area (Å²) in [4.78, 5) is 2.41. The Labute approximate surface area is 108 Å². The Kier molecular flexibility index (Phi) is 3.04. The summed E-state index contributed by atoms with van der Waals surface area (Å²) < 4.78 is 11.5. The molecule has 3 rings (SSSR count). The van der Waals surface area contributed by atoms with E-state index >= 15 is 0 Å². The zero-order chi connectivity index (χ0) is 12.5. The van der Waals surface area contributed by atoms with Gasteiger partial charge in [-0.3, -0.25) is 0 Å². The molecule has 0 saturated carbocycles. The maximum Gasteiger partial charge on any atom is 0.184 e. The van der Waals surface area contributed by atoms with Crippen LogP contribution in [0, 0.1) is 0 Å². The minimum Gasteiger partial charge on any atom is -0.486 e. The average molecular weight is 248 g/mol. The van der Waals surface area contributed by atoms with Crippen LogP contribution in [0.25, 0.3) is 0 Å². The number of hydrogen-bond acceptors (Lipinski definition) is 4. The normalized spacial score (nSPS) is 27.1. The first kappa shape index (κ1) is 11.7. The third-order valence-corrected chi connectivity index (χ3v) is 3.89. The molecular formula is C14H20N2O2. The van der Waals surface area contributed by atoms with Crippen molar-refractivity contribution in [3.8, 4) is 11.5 Å². The minimum absolute atomic E-state index is 0.454. The molecule has 2 heterocycles. The number of nitrogens with zero attached hydrogens (tertiary/aromatic N) is 1. The predicted molar refractivity (Wildman–Crippen MR) is 71.7 cm³/mol. The molecule has 1 N–H and O–H groups in total. The lowest BCUT2D eigenvalue weighted by Gasteiger charge is -2.41. The Morgan fingerprint density at radius 3 is 2.94 bits per heavy atom. The third kappa shape index (κ3) is 1.90. The first-order valence-corrected chi connectivity index (χ1v) is 6.66. The van der Waals surface area contributed by atoms with E-state index in [1.54, 1.807) is 0 Å². The lowest BCUT2D eigenvalue weighted by molar-refractivity contribution is 0.171. The summed E-state index contributed by atoms with van der Waals surface area (Å²) in [5.74, 6) is 1.78. The van der Waals surface area contributed by atoms with Gasteiger partial charge in [0.05, 0.1) is 5.69 Å². The molecule has 0 radical (unpaired) electrons. The second-order valence-electron chi connectivity index (χ2n) is 4.98. The first-order chi connectivity index (χ1) is 8.77. The van der Waals surface area contributed by atoms with Gasteiger partial charge < -0.3 is 19.7 Å². The van der Waals surface area contributed by atoms with Gasteiger partial charge in [-0.15, -0.1) is 0 Å². The number of anilines is 1. The molecule has 1 aromatic rings. The fourth-order valence-electron chi connectivity index (χ4n) is 2.68. The second kappa shape index (κ2) is 4.69.